The Bertz CT molecular complexity index is 504. The fourth-order valence-electron chi connectivity index (χ4n) is 1.62. The van der Waals surface area contributed by atoms with Crippen LogP contribution in [0.5, 0.6) is 0 Å². The lowest BCUT2D eigenvalue weighted by atomic mass is 10.2. The molecule has 0 fully saturated rings. The molecule has 2 rings (SSSR count). The fraction of sp³-hybridized carbons (Fsp3) is 0.333. The van der Waals surface area contributed by atoms with Crippen molar-refractivity contribution in [1.29, 1.82) is 0 Å². The second-order valence-corrected chi connectivity index (χ2v) is 9.10. The zero-order chi connectivity index (χ0) is 13.1. The van der Waals surface area contributed by atoms with Crippen LogP contribution < -0.4 is 5.32 Å². The number of hydrogen-bond donors (Lipinski definition) is 1. The van der Waals surface area contributed by atoms with Gasteiger partial charge in [-0.15, -0.1) is 22.7 Å². The molecule has 0 bridgehead atoms. The van der Waals surface area contributed by atoms with Crippen molar-refractivity contribution in [2.75, 3.05) is 6.54 Å². The first-order valence-electron chi connectivity index (χ1n) is 5.55. The Labute approximate surface area is 137 Å². The van der Waals surface area contributed by atoms with Crippen LogP contribution in [0.15, 0.2) is 25.8 Å². The first-order chi connectivity index (χ1) is 8.61. The predicted molar refractivity (Wildman–Crippen MR) is 89.2 cm³/mol. The second-order valence-electron chi connectivity index (χ2n) is 3.80. The lowest BCUT2D eigenvalue weighted by Gasteiger charge is -2.15. The maximum Gasteiger partial charge on any atom is 0.0888 e. The van der Waals surface area contributed by atoms with Gasteiger partial charge in [-0.25, -0.2) is 0 Å². The molecular formula is C12H12Br2ClNS2. The normalized spacial score (nSPS) is 12.9. The summed E-state index contributed by atoms with van der Waals surface area (Å²) in [4.78, 5) is 2.55. The van der Waals surface area contributed by atoms with E-state index >= 15 is 0 Å². The smallest absolute Gasteiger partial charge is 0.0888 e. The van der Waals surface area contributed by atoms with Crippen LogP contribution in [0.2, 0.25) is 5.02 Å². The molecule has 98 valence electrons. The number of thiophene rings is 2. The summed E-state index contributed by atoms with van der Waals surface area (Å²) < 4.78 is 2.15. The summed E-state index contributed by atoms with van der Waals surface area (Å²) in [6, 6.07) is 6.52. The maximum absolute atomic E-state index is 6.13. The van der Waals surface area contributed by atoms with Crippen molar-refractivity contribution >= 4 is 66.1 Å². The lowest BCUT2D eigenvalue weighted by Crippen LogP contribution is -2.21. The Kier molecular flexibility index (Phi) is 5.72. The van der Waals surface area contributed by atoms with Gasteiger partial charge >= 0.3 is 0 Å². The van der Waals surface area contributed by atoms with Crippen molar-refractivity contribution < 1.29 is 0 Å². The molecule has 1 N–H and O–H groups in total. The van der Waals surface area contributed by atoms with Crippen LogP contribution in [-0.4, -0.2) is 6.54 Å². The molecule has 2 aromatic rings. The van der Waals surface area contributed by atoms with E-state index in [1.54, 1.807) is 22.7 Å². The minimum absolute atomic E-state index is 0.232. The largest absolute Gasteiger partial charge is 0.305 e. The molecule has 0 saturated carbocycles. The van der Waals surface area contributed by atoms with Gasteiger partial charge in [-0.2, -0.15) is 0 Å². The summed E-state index contributed by atoms with van der Waals surface area (Å²) in [5, 5.41) is 4.36. The lowest BCUT2D eigenvalue weighted by molar-refractivity contribution is 0.613. The summed E-state index contributed by atoms with van der Waals surface area (Å²) in [5.41, 5.74) is 0. The monoisotopic (exact) mass is 427 g/mol. The molecule has 0 aliphatic rings. The van der Waals surface area contributed by atoms with Crippen LogP contribution in [-0.2, 0) is 0 Å². The van der Waals surface area contributed by atoms with Crippen LogP contribution in [0.4, 0.5) is 0 Å². The van der Waals surface area contributed by atoms with E-state index in [4.69, 9.17) is 11.6 Å². The molecule has 0 radical (unpaired) electrons. The van der Waals surface area contributed by atoms with Gasteiger partial charge in [0.25, 0.3) is 0 Å². The summed E-state index contributed by atoms with van der Waals surface area (Å²) in [5.74, 6) is 0. The third-order valence-corrected chi connectivity index (χ3v) is 6.65. The van der Waals surface area contributed by atoms with E-state index in [9.17, 15) is 0 Å². The van der Waals surface area contributed by atoms with Crippen LogP contribution >= 0.6 is 66.1 Å². The predicted octanol–water partition coefficient (Wildman–Crippen LogP) is 6.08. The van der Waals surface area contributed by atoms with Gasteiger partial charge in [-0.05, 0) is 63.0 Å². The first kappa shape index (κ1) is 15.0. The molecule has 0 spiro atoms. The third-order valence-electron chi connectivity index (χ3n) is 2.43. The van der Waals surface area contributed by atoms with E-state index in [2.05, 4.69) is 56.2 Å². The molecule has 1 nitrogen and oxygen atoms in total. The van der Waals surface area contributed by atoms with Crippen LogP contribution in [0, 0.1) is 0 Å². The molecule has 2 heterocycles. The Morgan fingerprint density at radius 1 is 1.28 bits per heavy atom. The molecule has 0 aliphatic heterocycles. The van der Waals surface area contributed by atoms with Gasteiger partial charge in [0.15, 0.2) is 0 Å². The summed E-state index contributed by atoms with van der Waals surface area (Å²) in [6.45, 7) is 3.17. The Morgan fingerprint density at radius 2 is 2.06 bits per heavy atom. The van der Waals surface area contributed by atoms with E-state index in [1.807, 2.05) is 6.07 Å². The Hall–Kier alpha value is 0.610. The van der Waals surface area contributed by atoms with E-state index in [-0.39, 0.29) is 6.04 Å². The number of hydrogen-bond acceptors (Lipinski definition) is 3. The van der Waals surface area contributed by atoms with Crippen molar-refractivity contribution in [3.05, 3.63) is 40.5 Å². The van der Waals surface area contributed by atoms with Crippen LogP contribution in [0.1, 0.15) is 29.1 Å². The molecule has 0 saturated heterocycles. The van der Waals surface area contributed by atoms with E-state index in [0.29, 0.717) is 0 Å². The summed E-state index contributed by atoms with van der Waals surface area (Å²) in [6.07, 6.45) is 1.11. The fourth-order valence-corrected chi connectivity index (χ4v) is 5.05. The molecular weight excluding hydrogens is 418 g/mol. The highest BCUT2D eigenvalue weighted by atomic mass is 79.9. The minimum Gasteiger partial charge on any atom is -0.305 e. The van der Waals surface area contributed by atoms with Gasteiger partial charge in [-0.3, -0.25) is 0 Å². The van der Waals surface area contributed by atoms with Gasteiger partial charge in [-0.1, -0.05) is 18.5 Å². The minimum atomic E-state index is 0.232. The van der Waals surface area contributed by atoms with Crippen molar-refractivity contribution in [2.45, 2.75) is 19.4 Å². The summed E-state index contributed by atoms with van der Waals surface area (Å²) in [7, 11) is 0. The van der Waals surface area contributed by atoms with Gasteiger partial charge < -0.3 is 5.32 Å². The molecule has 1 unspecified atom stereocenters. The van der Waals surface area contributed by atoms with Crippen LogP contribution in [0.3, 0.4) is 0 Å². The van der Waals surface area contributed by atoms with Crippen LogP contribution in [0.25, 0.3) is 0 Å². The highest BCUT2D eigenvalue weighted by Crippen LogP contribution is 2.39. The zero-order valence-corrected chi connectivity index (χ0v) is 15.2. The average Bonchev–Trinajstić information content (AvgIpc) is 2.88. The standard InChI is InChI=1S/C12H12Br2ClNS2/c1-2-5-16-11(8-3-4-10(13)17-8)9-6-7(15)12(14)18-9/h3-4,6,11,16H,2,5H2,1H3. The number of halogens is 3. The van der Waals surface area contributed by atoms with E-state index in [1.165, 1.54) is 9.75 Å². The van der Waals surface area contributed by atoms with Crippen molar-refractivity contribution in [3.8, 4) is 0 Å². The topological polar surface area (TPSA) is 12.0 Å². The summed E-state index contributed by atoms with van der Waals surface area (Å²) >= 11 is 16.6. The Morgan fingerprint density at radius 3 is 2.56 bits per heavy atom. The van der Waals surface area contributed by atoms with E-state index < -0.39 is 0 Å². The quantitative estimate of drug-likeness (QED) is 0.608. The maximum atomic E-state index is 6.13. The molecule has 0 aromatic carbocycles. The molecule has 6 heteroatoms. The van der Waals surface area contributed by atoms with Gasteiger partial charge in [0.05, 0.1) is 18.6 Å². The number of nitrogens with one attached hydrogen (secondary N) is 1. The van der Waals surface area contributed by atoms with Crippen molar-refractivity contribution in [3.63, 3.8) is 0 Å². The SMILES string of the molecule is CCCNC(c1ccc(Br)s1)c1cc(Cl)c(Br)s1. The molecule has 0 amide bonds. The van der Waals surface area contributed by atoms with Gasteiger partial charge in [0, 0.05) is 9.75 Å². The second kappa shape index (κ2) is 6.86. The van der Waals surface area contributed by atoms with Crippen molar-refractivity contribution in [2.24, 2.45) is 0 Å². The van der Waals surface area contributed by atoms with Gasteiger partial charge in [0.2, 0.25) is 0 Å². The van der Waals surface area contributed by atoms with Crippen molar-refractivity contribution in [1.82, 2.24) is 5.32 Å². The zero-order valence-electron chi connectivity index (χ0n) is 9.67. The van der Waals surface area contributed by atoms with Gasteiger partial charge in [0.1, 0.15) is 0 Å². The highest BCUT2D eigenvalue weighted by Gasteiger charge is 2.19. The third kappa shape index (κ3) is 3.58. The first-order valence-corrected chi connectivity index (χ1v) is 9.15. The average molecular weight is 430 g/mol. The Balaban J connectivity index is 2.30. The number of rotatable bonds is 5. The molecule has 2 aromatic heterocycles. The molecule has 1 atom stereocenters. The highest BCUT2D eigenvalue weighted by molar-refractivity contribution is 9.11. The van der Waals surface area contributed by atoms with E-state index in [0.717, 1.165) is 25.6 Å². The molecule has 18 heavy (non-hydrogen) atoms. The molecule has 0 aliphatic carbocycles.